The summed E-state index contributed by atoms with van der Waals surface area (Å²) in [5.74, 6) is -0.602. The van der Waals surface area contributed by atoms with E-state index in [0.717, 1.165) is 5.39 Å². The predicted octanol–water partition coefficient (Wildman–Crippen LogP) is 2.19. The standard InChI is InChI=1S/C16H16N2O4.C9H7NO.O.V/c1-10(13-9-11(22-2)7-8-15(13)20)17-18-16(21)12-5-3-4-6-14(12)19;11-8-5-1-3-7-4-2-6-10-9(7)8;;/h3-9,19-20H,1-2H3,(H,18,21);1-6,11H;;/q;;-2;/p-3/b17-10+;;;. The molecule has 3 aromatic carbocycles. The maximum absolute atomic E-state index is 11.9. The Morgan fingerprint density at radius 3 is 2.29 bits per heavy atom. The van der Waals surface area contributed by atoms with Gasteiger partial charge in [-0.25, -0.2) is 0 Å². The Morgan fingerprint density at radius 1 is 0.886 bits per heavy atom. The normalized spacial score (nSPS) is 10.9. The summed E-state index contributed by atoms with van der Waals surface area (Å²) in [5.41, 5.74) is 1.18. The van der Waals surface area contributed by atoms with Crippen LogP contribution in [0.3, 0.4) is 0 Å². The van der Waals surface area contributed by atoms with Crippen LogP contribution in [0, 0.1) is 0 Å². The summed E-state index contributed by atoms with van der Waals surface area (Å²) in [5, 5.41) is 52.6. The van der Waals surface area contributed by atoms with Gasteiger partial charge in [0.15, 0.2) is 0 Å². The van der Waals surface area contributed by atoms with Crippen LogP contribution in [-0.4, -0.2) is 28.8 Å². The molecule has 0 bridgehead atoms. The second kappa shape index (κ2) is 13.6. The van der Waals surface area contributed by atoms with Gasteiger partial charge in [0.1, 0.15) is 11.5 Å². The van der Waals surface area contributed by atoms with Crippen molar-refractivity contribution in [3.63, 3.8) is 0 Å². The first-order valence-corrected chi connectivity index (χ1v) is 9.84. The molecule has 0 aliphatic rings. The number of nitrogens with zero attached hydrogens (tertiary/aromatic N) is 3. The fraction of sp³-hybridized carbons (Fsp3) is 0.0800. The Bertz CT molecular complexity index is 1320. The molecule has 0 aliphatic carbocycles. The minimum Gasteiger partial charge on any atom is -2.00 e. The molecule has 0 spiro atoms. The second-order valence-electron chi connectivity index (χ2n) is 6.80. The largest absolute Gasteiger partial charge is 2.00 e. The van der Waals surface area contributed by atoms with Crippen LogP contribution in [0.4, 0.5) is 0 Å². The Kier molecular flexibility index (Phi) is 11.3. The molecule has 1 N–H and O–H groups in total. The van der Waals surface area contributed by atoms with Crippen molar-refractivity contribution in [2.75, 3.05) is 7.11 Å². The number of phenolic OH excluding ortho intramolecular Hbond substituents is 1. The third-order valence-electron chi connectivity index (χ3n) is 4.60. The molecule has 1 radical (unpaired) electrons. The Labute approximate surface area is 213 Å². The molecule has 35 heavy (non-hydrogen) atoms. The molecule has 0 saturated heterocycles. The first-order chi connectivity index (χ1) is 15.9. The average molecular weight is 509 g/mol. The minimum absolute atomic E-state index is 0. The maximum atomic E-state index is 11.9. The quantitative estimate of drug-likeness (QED) is 0.252. The van der Waals surface area contributed by atoms with Crippen LogP contribution in [0.15, 0.2) is 89.2 Å². The molecule has 1 heterocycles. The molecule has 0 amide bonds. The monoisotopic (exact) mass is 509 g/mol. The maximum Gasteiger partial charge on any atom is 0.123 e. The zero-order chi connectivity index (χ0) is 23.8. The number of aromatic hydroxyl groups is 1. The topological polar surface area (TPSA) is 165 Å². The van der Waals surface area contributed by atoms with E-state index in [1.165, 1.54) is 37.4 Å². The smallest absolute Gasteiger partial charge is 0.123 e. The number of phenols is 1. The number of hydrogen-bond donors (Lipinski definition) is 1. The van der Waals surface area contributed by atoms with E-state index in [4.69, 9.17) is 4.74 Å². The molecule has 0 fully saturated rings. The average Bonchev–Trinajstić information content (AvgIpc) is 2.84. The van der Waals surface area contributed by atoms with Gasteiger partial charge in [-0.15, -0.1) is 0 Å². The van der Waals surface area contributed by atoms with Crippen LogP contribution in [0.2, 0.25) is 0 Å². The van der Waals surface area contributed by atoms with Gasteiger partial charge in [0.05, 0.1) is 18.3 Å². The first-order valence-electron chi connectivity index (χ1n) is 9.84. The van der Waals surface area contributed by atoms with E-state index in [1.54, 1.807) is 37.4 Å². The van der Waals surface area contributed by atoms with Gasteiger partial charge in [-0.05, 0) is 42.1 Å². The van der Waals surface area contributed by atoms with Crippen LogP contribution in [0.25, 0.3) is 10.9 Å². The summed E-state index contributed by atoms with van der Waals surface area (Å²) in [6.45, 7) is 1.57. The number of rotatable bonds is 4. The van der Waals surface area contributed by atoms with Crippen LogP contribution < -0.4 is 20.1 Å². The Morgan fingerprint density at radius 2 is 1.60 bits per heavy atom. The van der Waals surface area contributed by atoms with Gasteiger partial charge in [-0.1, -0.05) is 60.0 Å². The predicted molar refractivity (Wildman–Crippen MR) is 121 cm³/mol. The van der Waals surface area contributed by atoms with Crippen molar-refractivity contribution < 1.29 is 49.2 Å². The fourth-order valence-corrected chi connectivity index (χ4v) is 2.88. The van der Waals surface area contributed by atoms with Gasteiger partial charge in [-0.2, -0.15) is 10.2 Å². The van der Waals surface area contributed by atoms with Crippen LogP contribution >= 0.6 is 0 Å². The molecule has 9 nitrogen and oxygen atoms in total. The summed E-state index contributed by atoms with van der Waals surface area (Å²) in [7, 11) is 1.49. The Hall–Kier alpha value is -4.05. The van der Waals surface area contributed by atoms with Crippen LogP contribution in [-0.2, 0) is 24.0 Å². The number of para-hydroxylation sites is 2. The number of methoxy groups -OCH3 is 1. The van der Waals surface area contributed by atoms with Gasteiger partial charge >= 0.3 is 0 Å². The van der Waals surface area contributed by atoms with Crippen molar-refractivity contribution >= 4 is 22.5 Å². The molecule has 181 valence electrons. The van der Waals surface area contributed by atoms with Crippen molar-refractivity contribution in [1.82, 2.24) is 4.98 Å². The minimum atomic E-state index is -0.687. The molecule has 4 aromatic rings. The number of hydrogen-bond acceptors (Lipinski definition) is 8. The van der Waals surface area contributed by atoms with E-state index in [9.17, 15) is 20.4 Å². The molecule has 0 unspecified atom stereocenters. The number of pyridine rings is 1. The van der Waals surface area contributed by atoms with Gasteiger partial charge in [0.2, 0.25) is 0 Å². The molecule has 1 aromatic heterocycles. The molecule has 0 aliphatic heterocycles. The van der Waals surface area contributed by atoms with Crippen molar-refractivity contribution in [3.05, 3.63) is 90.1 Å². The summed E-state index contributed by atoms with van der Waals surface area (Å²) in [4.78, 5) is 3.97. The van der Waals surface area contributed by atoms with Crippen LogP contribution in [0.5, 0.6) is 23.0 Å². The van der Waals surface area contributed by atoms with Crippen molar-refractivity contribution in [3.8, 4) is 23.0 Å². The number of ether oxygens (including phenoxy) is 1. The third-order valence-corrected chi connectivity index (χ3v) is 4.60. The summed E-state index contributed by atoms with van der Waals surface area (Å²) >= 11 is 0. The van der Waals surface area contributed by atoms with E-state index in [0.29, 0.717) is 16.8 Å². The van der Waals surface area contributed by atoms with Crippen molar-refractivity contribution in [2.45, 2.75) is 6.92 Å². The van der Waals surface area contributed by atoms with E-state index < -0.39 is 5.90 Å². The van der Waals surface area contributed by atoms with Gasteiger partial charge < -0.3 is 30.6 Å². The summed E-state index contributed by atoms with van der Waals surface area (Å²) < 4.78 is 5.05. The van der Waals surface area contributed by atoms with Gasteiger partial charge in [0, 0.05) is 36.2 Å². The zero-order valence-electron chi connectivity index (χ0n) is 18.8. The van der Waals surface area contributed by atoms with Crippen molar-refractivity contribution in [2.24, 2.45) is 10.2 Å². The molecule has 4 rings (SSSR count). The number of fused-ring (bicyclic) bond motifs is 1. The molecule has 0 atom stereocenters. The second-order valence-corrected chi connectivity index (χ2v) is 6.80. The molecular weight excluding hydrogens is 489 g/mol. The van der Waals surface area contributed by atoms with E-state index in [-0.39, 0.29) is 52.6 Å². The molecule has 10 heteroatoms. The molecular formula is C25H20N3O6V-5. The van der Waals surface area contributed by atoms with Crippen LogP contribution in [0.1, 0.15) is 18.1 Å². The van der Waals surface area contributed by atoms with Crippen molar-refractivity contribution in [1.29, 1.82) is 0 Å². The van der Waals surface area contributed by atoms with E-state index in [2.05, 4.69) is 15.2 Å². The number of aromatic nitrogens is 1. The number of benzene rings is 3. The van der Waals surface area contributed by atoms with E-state index in [1.807, 2.05) is 18.2 Å². The molecule has 0 saturated carbocycles. The van der Waals surface area contributed by atoms with E-state index >= 15 is 0 Å². The third kappa shape index (κ3) is 7.48. The fourth-order valence-electron chi connectivity index (χ4n) is 2.88. The van der Waals surface area contributed by atoms with Gasteiger partial charge in [0.25, 0.3) is 0 Å². The van der Waals surface area contributed by atoms with Gasteiger partial charge in [-0.3, -0.25) is 4.98 Å². The summed E-state index contributed by atoms with van der Waals surface area (Å²) in [6, 6.07) is 19.3. The first kappa shape index (κ1) is 29.0. The summed E-state index contributed by atoms with van der Waals surface area (Å²) in [6.07, 6.45) is 1.63. The Balaban J connectivity index is 0.000000397. The SMILES string of the molecule is COc1ccc([O-])c(/C(C)=N/N=C(\[O-])c2ccccc2O)c1.[O-2].[O-]c1cccc2cccnc12.[V]. The zero-order valence-corrected chi connectivity index (χ0v) is 20.2.